The number of hydrogen-bond donors (Lipinski definition) is 1. The van der Waals surface area contributed by atoms with Crippen LogP contribution in [0, 0.1) is 6.92 Å². The Bertz CT molecular complexity index is 841. The summed E-state index contributed by atoms with van der Waals surface area (Å²) in [5, 5.41) is 3.53. The van der Waals surface area contributed by atoms with Crippen LogP contribution in [0.4, 0.5) is 5.00 Å². The number of esters is 1. The summed E-state index contributed by atoms with van der Waals surface area (Å²) < 4.78 is 11.1. The minimum atomic E-state index is -0.628. The standard InChI is InChI=1S/C22H27NO4S/c1-4-17(27-15-12-10-14(3)11-13-15)20(24)23-21-19(22(25)26-5-2)16-8-6-7-9-18(16)28-21/h10-13,17H,4-9H2,1-3H3,(H,23,24). The van der Waals surface area contributed by atoms with Gasteiger partial charge in [0, 0.05) is 4.88 Å². The average Bonchev–Trinajstić information content (AvgIpc) is 3.05. The second kappa shape index (κ2) is 9.24. The quantitative estimate of drug-likeness (QED) is 0.670. The first kappa shape index (κ1) is 20.4. The molecule has 0 saturated heterocycles. The van der Waals surface area contributed by atoms with E-state index in [2.05, 4.69) is 5.32 Å². The Morgan fingerprint density at radius 2 is 1.86 bits per heavy atom. The minimum Gasteiger partial charge on any atom is -0.481 e. The van der Waals surface area contributed by atoms with Crippen LogP contribution in [0.2, 0.25) is 0 Å². The van der Waals surface area contributed by atoms with E-state index < -0.39 is 6.10 Å². The molecule has 2 aromatic rings. The van der Waals surface area contributed by atoms with Crippen molar-refractivity contribution in [3.63, 3.8) is 0 Å². The lowest BCUT2D eigenvalue weighted by Crippen LogP contribution is -2.32. The van der Waals surface area contributed by atoms with Gasteiger partial charge in [0.2, 0.25) is 0 Å². The minimum absolute atomic E-state index is 0.243. The Balaban J connectivity index is 1.80. The highest BCUT2D eigenvalue weighted by Gasteiger charge is 2.29. The molecule has 1 unspecified atom stereocenters. The maximum Gasteiger partial charge on any atom is 0.341 e. The summed E-state index contributed by atoms with van der Waals surface area (Å²) in [6.07, 6.45) is 3.86. The van der Waals surface area contributed by atoms with Crippen LogP contribution in [0.3, 0.4) is 0 Å². The third kappa shape index (κ3) is 4.55. The molecule has 28 heavy (non-hydrogen) atoms. The maximum atomic E-state index is 12.9. The predicted molar refractivity (Wildman–Crippen MR) is 111 cm³/mol. The second-order valence-electron chi connectivity index (χ2n) is 6.95. The van der Waals surface area contributed by atoms with Crippen molar-refractivity contribution in [1.82, 2.24) is 0 Å². The van der Waals surface area contributed by atoms with Gasteiger partial charge in [0.15, 0.2) is 6.10 Å². The number of ether oxygens (including phenoxy) is 2. The van der Waals surface area contributed by atoms with Gasteiger partial charge >= 0.3 is 5.97 Å². The van der Waals surface area contributed by atoms with Gasteiger partial charge in [-0.3, -0.25) is 4.79 Å². The molecule has 0 saturated carbocycles. The third-order valence-electron chi connectivity index (χ3n) is 4.85. The average molecular weight is 402 g/mol. The van der Waals surface area contributed by atoms with Gasteiger partial charge in [-0.2, -0.15) is 0 Å². The van der Waals surface area contributed by atoms with Crippen LogP contribution in [0.15, 0.2) is 24.3 Å². The molecule has 0 radical (unpaired) electrons. The van der Waals surface area contributed by atoms with Crippen LogP contribution in [0.5, 0.6) is 5.75 Å². The maximum absolute atomic E-state index is 12.9. The molecule has 1 amide bonds. The predicted octanol–water partition coefficient (Wildman–Crippen LogP) is 4.91. The zero-order chi connectivity index (χ0) is 20.1. The first-order chi connectivity index (χ1) is 13.5. The van der Waals surface area contributed by atoms with E-state index in [1.54, 1.807) is 6.92 Å². The highest BCUT2D eigenvalue weighted by Crippen LogP contribution is 2.38. The van der Waals surface area contributed by atoms with Gasteiger partial charge in [-0.1, -0.05) is 24.6 Å². The summed E-state index contributed by atoms with van der Waals surface area (Å²) in [6.45, 7) is 6.01. The van der Waals surface area contributed by atoms with E-state index in [0.29, 0.717) is 29.3 Å². The zero-order valence-corrected chi connectivity index (χ0v) is 17.5. The Hall–Kier alpha value is -2.34. The van der Waals surface area contributed by atoms with Gasteiger partial charge in [-0.25, -0.2) is 4.79 Å². The first-order valence-corrected chi connectivity index (χ1v) is 10.7. The molecule has 0 aliphatic heterocycles. The van der Waals surface area contributed by atoms with Gasteiger partial charge < -0.3 is 14.8 Å². The molecule has 0 bridgehead atoms. The lowest BCUT2D eigenvalue weighted by Gasteiger charge is -2.17. The molecule has 1 aliphatic carbocycles. The number of carbonyl (C=O) groups is 2. The molecule has 1 heterocycles. The normalized spacial score (nSPS) is 14.1. The molecule has 5 nitrogen and oxygen atoms in total. The molecule has 1 aromatic heterocycles. The van der Waals surface area contributed by atoms with Crippen molar-refractivity contribution >= 4 is 28.2 Å². The number of rotatable bonds is 7. The van der Waals surface area contributed by atoms with Crippen LogP contribution >= 0.6 is 11.3 Å². The summed E-state index contributed by atoms with van der Waals surface area (Å²) in [4.78, 5) is 26.6. The fourth-order valence-corrected chi connectivity index (χ4v) is 4.65. The Kier molecular flexibility index (Phi) is 6.73. The van der Waals surface area contributed by atoms with Crippen molar-refractivity contribution in [3.05, 3.63) is 45.8 Å². The topological polar surface area (TPSA) is 64.6 Å². The molecule has 150 valence electrons. The van der Waals surface area contributed by atoms with Crippen molar-refractivity contribution in [2.24, 2.45) is 0 Å². The largest absolute Gasteiger partial charge is 0.481 e. The highest BCUT2D eigenvalue weighted by atomic mass is 32.1. The SMILES string of the molecule is CCOC(=O)c1c(NC(=O)C(CC)Oc2ccc(C)cc2)sc2c1CCCC2. The zero-order valence-electron chi connectivity index (χ0n) is 16.7. The Labute approximate surface area is 170 Å². The van der Waals surface area contributed by atoms with E-state index in [4.69, 9.17) is 9.47 Å². The van der Waals surface area contributed by atoms with Gasteiger partial charge in [0.05, 0.1) is 12.2 Å². The van der Waals surface area contributed by atoms with Crippen molar-refractivity contribution < 1.29 is 19.1 Å². The summed E-state index contributed by atoms with van der Waals surface area (Å²) in [5.74, 6) is 0.0561. The Morgan fingerprint density at radius 1 is 1.14 bits per heavy atom. The van der Waals surface area contributed by atoms with Crippen molar-refractivity contribution in [3.8, 4) is 5.75 Å². The van der Waals surface area contributed by atoms with Gasteiger partial charge in [-0.15, -0.1) is 11.3 Å². The van der Waals surface area contributed by atoms with Crippen LogP contribution < -0.4 is 10.1 Å². The first-order valence-electron chi connectivity index (χ1n) is 9.89. The summed E-state index contributed by atoms with van der Waals surface area (Å²) >= 11 is 1.49. The number of amides is 1. The highest BCUT2D eigenvalue weighted by molar-refractivity contribution is 7.17. The third-order valence-corrected chi connectivity index (χ3v) is 6.06. The second-order valence-corrected chi connectivity index (χ2v) is 8.06. The van der Waals surface area contributed by atoms with E-state index in [1.165, 1.54) is 16.2 Å². The number of thiophene rings is 1. The number of aryl methyl sites for hydroxylation is 2. The van der Waals surface area contributed by atoms with Crippen LogP contribution in [0.1, 0.15) is 59.5 Å². The number of carbonyl (C=O) groups excluding carboxylic acids is 2. The molecule has 3 rings (SSSR count). The van der Waals surface area contributed by atoms with Gasteiger partial charge in [-0.05, 0) is 63.6 Å². The molecular formula is C22H27NO4S. The van der Waals surface area contributed by atoms with Crippen molar-refractivity contribution in [1.29, 1.82) is 0 Å². The van der Waals surface area contributed by atoms with Crippen molar-refractivity contribution in [2.45, 2.75) is 59.0 Å². The van der Waals surface area contributed by atoms with E-state index in [0.717, 1.165) is 36.8 Å². The molecule has 1 N–H and O–H groups in total. The number of fused-ring (bicyclic) bond motifs is 1. The number of hydrogen-bond acceptors (Lipinski definition) is 5. The number of benzene rings is 1. The lowest BCUT2D eigenvalue weighted by molar-refractivity contribution is -0.122. The molecular weight excluding hydrogens is 374 g/mol. The number of nitrogens with one attached hydrogen (secondary N) is 1. The fraction of sp³-hybridized carbons (Fsp3) is 0.455. The van der Waals surface area contributed by atoms with Gasteiger partial charge in [0.25, 0.3) is 5.91 Å². The molecule has 1 aliphatic rings. The van der Waals surface area contributed by atoms with E-state index in [1.807, 2.05) is 38.1 Å². The van der Waals surface area contributed by atoms with Crippen molar-refractivity contribution in [2.75, 3.05) is 11.9 Å². The van der Waals surface area contributed by atoms with E-state index in [-0.39, 0.29) is 11.9 Å². The molecule has 1 atom stereocenters. The number of anilines is 1. The van der Waals surface area contributed by atoms with E-state index in [9.17, 15) is 9.59 Å². The summed E-state index contributed by atoms with van der Waals surface area (Å²) in [5.41, 5.74) is 2.70. The smallest absolute Gasteiger partial charge is 0.341 e. The van der Waals surface area contributed by atoms with Crippen LogP contribution in [-0.2, 0) is 22.4 Å². The molecule has 6 heteroatoms. The van der Waals surface area contributed by atoms with Gasteiger partial charge in [0.1, 0.15) is 10.8 Å². The summed E-state index contributed by atoms with van der Waals surface area (Å²) in [7, 11) is 0. The monoisotopic (exact) mass is 401 g/mol. The molecule has 1 aromatic carbocycles. The van der Waals surface area contributed by atoms with Crippen LogP contribution in [0.25, 0.3) is 0 Å². The molecule has 0 fully saturated rings. The summed E-state index contributed by atoms with van der Waals surface area (Å²) in [6, 6.07) is 7.62. The lowest BCUT2D eigenvalue weighted by atomic mass is 9.95. The fourth-order valence-electron chi connectivity index (χ4n) is 3.37. The Morgan fingerprint density at radius 3 is 2.54 bits per heavy atom. The molecule has 0 spiro atoms. The van der Waals surface area contributed by atoms with Crippen LogP contribution in [-0.4, -0.2) is 24.6 Å². The van der Waals surface area contributed by atoms with E-state index >= 15 is 0 Å².